The Morgan fingerprint density at radius 1 is 1.23 bits per heavy atom. The molecule has 0 bridgehead atoms. The Kier molecular flexibility index (Phi) is 3.50. The summed E-state index contributed by atoms with van der Waals surface area (Å²) in [6.07, 6.45) is 0. The minimum absolute atomic E-state index is 0.243. The molecule has 3 rings (SSSR count). The van der Waals surface area contributed by atoms with Crippen LogP contribution in [0.15, 0.2) is 45.6 Å². The Bertz CT molecular complexity index is 923. The van der Waals surface area contributed by atoms with Gasteiger partial charge in [0.15, 0.2) is 5.58 Å². The topological polar surface area (TPSA) is 64.2 Å². The first-order valence-electron chi connectivity index (χ1n) is 6.63. The zero-order valence-corrected chi connectivity index (χ0v) is 12.8. The van der Waals surface area contributed by atoms with Crippen LogP contribution in [0, 0.1) is 6.92 Å². The third-order valence-electron chi connectivity index (χ3n) is 3.49. The molecule has 0 atom stereocenters. The maximum absolute atomic E-state index is 12.3. The van der Waals surface area contributed by atoms with E-state index in [9.17, 15) is 9.59 Å². The van der Waals surface area contributed by atoms with Crippen LogP contribution in [-0.2, 0) is 7.05 Å². The SMILES string of the molecule is Cc1cc2oc(=O)n(C)c2cc1NC(=O)c1ccc(Cl)cc1. The van der Waals surface area contributed by atoms with Gasteiger partial charge in [-0.2, -0.15) is 0 Å². The molecule has 1 aromatic heterocycles. The number of oxazole rings is 1. The van der Waals surface area contributed by atoms with Crippen molar-refractivity contribution in [3.63, 3.8) is 0 Å². The van der Waals surface area contributed by atoms with E-state index in [1.807, 2.05) is 6.92 Å². The Balaban J connectivity index is 1.97. The van der Waals surface area contributed by atoms with Gasteiger partial charge in [-0.25, -0.2) is 4.79 Å². The van der Waals surface area contributed by atoms with Crippen molar-refractivity contribution in [2.75, 3.05) is 5.32 Å². The van der Waals surface area contributed by atoms with Gasteiger partial charge in [-0.1, -0.05) is 11.6 Å². The molecule has 0 saturated heterocycles. The first-order valence-corrected chi connectivity index (χ1v) is 7.00. The molecule has 3 aromatic rings. The van der Waals surface area contributed by atoms with E-state index in [0.29, 0.717) is 27.4 Å². The first kappa shape index (κ1) is 14.4. The lowest BCUT2D eigenvalue weighted by Crippen LogP contribution is -2.13. The number of carbonyl (C=O) groups is 1. The zero-order chi connectivity index (χ0) is 15.9. The highest BCUT2D eigenvalue weighted by molar-refractivity contribution is 6.30. The van der Waals surface area contributed by atoms with Gasteiger partial charge in [-0.15, -0.1) is 0 Å². The number of hydrogen-bond acceptors (Lipinski definition) is 3. The van der Waals surface area contributed by atoms with E-state index < -0.39 is 5.76 Å². The van der Waals surface area contributed by atoms with Crippen LogP contribution >= 0.6 is 11.6 Å². The van der Waals surface area contributed by atoms with E-state index in [0.717, 1.165) is 5.56 Å². The molecule has 0 fully saturated rings. The minimum Gasteiger partial charge on any atom is -0.408 e. The second-order valence-electron chi connectivity index (χ2n) is 5.02. The molecule has 5 nitrogen and oxygen atoms in total. The Morgan fingerprint density at radius 2 is 1.91 bits per heavy atom. The third-order valence-corrected chi connectivity index (χ3v) is 3.75. The molecule has 1 amide bonds. The fourth-order valence-corrected chi connectivity index (χ4v) is 2.33. The predicted octanol–water partition coefficient (Wildman–Crippen LogP) is 3.35. The zero-order valence-electron chi connectivity index (χ0n) is 12.0. The van der Waals surface area contributed by atoms with E-state index in [-0.39, 0.29) is 5.91 Å². The molecule has 1 heterocycles. The molecule has 0 spiro atoms. The number of fused-ring (bicyclic) bond motifs is 1. The molecule has 0 aliphatic heterocycles. The molecule has 0 aliphatic rings. The highest BCUT2D eigenvalue weighted by Gasteiger charge is 2.12. The van der Waals surface area contributed by atoms with Crippen molar-refractivity contribution >= 4 is 34.3 Å². The number of aromatic nitrogens is 1. The van der Waals surface area contributed by atoms with Gasteiger partial charge >= 0.3 is 5.76 Å². The highest BCUT2D eigenvalue weighted by Crippen LogP contribution is 2.23. The van der Waals surface area contributed by atoms with E-state index in [4.69, 9.17) is 16.0 Å². The predicted molar refractivity (Wildman–Crippen MR) is 85.6 cm³/mol. The standard InChI is InChI=1S/C16H13ClN2O3/c1-9-7-14-13(19(2)16(21)22-14)8-12(9)18-15(20)10-3-5-11(17)6-4-10/h3-8H,1-2H3,(H,18,20). The smallest absolute Gasteiger partial charge is 0.408 e. The number of anilines is 1. The lowest BCUT2D eigenvalue weighted by Gasteiger charge is -2.09. The molecule has 0 aliphatic carbocycles. The maximum Gasteiger partial charge on any atom is 0.419 e. The number of aryl methyl sites for hydroxylation is 2. The second-order valence-corrected chi connectivity index (χ2v) is 5.46. The first-order chi connectivity index (χ1) is 10.5. The molecule has 6 heteroatoms. The van der Waals surface area contributed by atoms with Crippen LogP contribution in [0.4, 0.5) is 5.69 Å². The van der Waals surface area contributed by atoms with Gasteiger partial charge < -0.3 is 9.73 Å². The minimum atomic E-state index is -0.435. The third kappa shape index (κ3) is 2.51. The number of hydrogen-bond donors (Lipinski definition) is 1. The summed E-state index contributed by atoms with van der Waals surface area (Å²) in [5.41, 5.74) is 3.06. The average molecular weight is 317 g/mol. The molecular weight excluding hydrogens is 304 g/mol. The van der Waals surface area contributed by atoms with Crippen molar-refractivity contribution < 1.29 is 9.21 Å². The lowest BCUT2D eigenvalue weighted by molar-refractivity contribution is 0.102. The number of halogens is 1. The van der Waals surface area contributed by atoms with Gasteiger partial charge in [0.05, 0.1) is 5.52 Å². The Hall–Kier alpha value is -2.53. The normalized spacial score (nSPS) is 10.9. The summed E-state index contributed by atoms with van der Waals surface area (Å²) in [5.74, 6) is -0.678. The van der Waals surface area contributed by atoms with Crippen molar-refractivity contribution in [1.29, 1.82) is 0 Å². The van der Waals surface area contributed by atoms with E-state index in [1.165, 1.54) is 4.57 Å². The summed E-state index contributed by atoms with van der Waals surface area (Å²) in [4.78, 5) is 23.8. The van der Waals surface area contributed by atoms with Crippen LogP contribution in [0.25, 0.3) is 11.1 Å². The number of nitrogens with one attached hydrogen (secondary N) is 1. The highest BCUT2D eigenvalue weighted by atomic mass is 35.5. The summed E-state index contributed by atoms with van der Waals surface area (Å²) in [6.45, 7) is 1.84. The monoisotopic (exact) mass is 316 g/mol. The van der Waals surface area contributed by atoms with Crippen LogP contribution in [0.1, 0.15) is 15.9 Å². The van der Waals surface area contributed by atoms with Gasteiger partial charge in [-0.3, -0.25) is 9.36 Å². The largest absolute Gasteiger partial charge is 0.419 e. The average Bonchev–Trinajstić information content (AvgIpc) is 2.75. The van der Waals surface area contributed by atoms with Gasteiger partial charge in [0.2, 0.25) is 0 Å². The van der Waals surface area contributed by atoms with Gasteiger partial charge in [-0.05, 0) is 48.9 Å². The summed E-state index contributed by atoms with van der Waals surface area (Å²) in [5, 5.41) is 3.41. The second kappa shape index (κ2) is 5.35. The Labute approximate surface area is 131 Å². The van der Waals surface area contributed by atoms with Crippen LogP contribution in [-0.4, -0.2) is 10.5 Å². The number of rotatable bonds is 2. The molecule has 112 valence electrons. The van der Waals surface area contributed by atoms with Crippen molar-refractivity contribution in [3.05, 3.63) is 63.1 Å². The molecular formula is C16H13ClN2O3. The molecule has 0 saturated carbocycles. The van der Waals surface area contributed by atoms with Gasteiger partial charge in [0.1, 0.15) is 0 Å². The van der Waals surface area contributed by atoms with Crippen molar-refractivity contribution in [2.45, 2.75) is 6.92 Å². The molecule has 0 unspecified atom stereocenters. The number of amides is 1. The lowest BCUT2D eigenvalue weighted by atomic mass is 10.1. The Morgan fingerprint density at radius 3 is 2.59 bits per heavy atom. The fourth-order valence-electron chi connectivity index (χ4n) is 2.21. The van der Waals surface area contributed by atoms with E-state index >= 15 is 0 Å². The summed E-state index contributed by atoms with van der Waals surface area (Å²) < 4.78 is 6.51. The molecule has 2 aromatic carbocycles. The molecule has 0 radical (unpaired) electrons. The van der Waals surface area contributed by atoms with Crippen LogP contribution in [0.3, 0.4) is 0 Å². The maximum atomic E-state index is 12.3. The summed E-state index contributed by atoms with van der Waals surface area (Å²) >= 11 is 5.81. The molecule has 22 heavy (non-hydrogen) atoms. The molecule has 1 N–H and O–H groups in total. The van der Waals surface area contributed by atoms with Crippen molar-refractivity contribution in [2.24, 2.45) is 7.05 Å². The summed E-state index contributed by atoms with van der Waals surface area (Å²) in [7, 11) is 1.62. The van der Waals surface area contributed by atoms with E-state index in [2.05, 4.69) is 5.32 Å². The van der Waals surface area contributed by atoms with Crippen LogP contribution < -0.4 is 11.1 Å². The number of benzene rings is 2. The number of nitrogens with zero attached hydrogens (tertiary/aromatic N) is 1. The van der Waals surface area contributed by atoms with E-state index in [1.54, 1.807) is 43.4 Å². The van der Waals surface area contributed by atoms with Crippen LogP contribution in [0.5, 0.6) is 0 Å². The fraction of sp³-hybridized carbons (Fsp3) is 0.125. The van der Waals surface area contributed by atoms with Gasteiger partial charge in [0, 0.05) is 23.3 Å². The summed E-state index contributed by atoms with van der Waals surface area (Å²) in [6, 6.07) is 10.1. The van der Waals surface area contributed by atoms with Crippen LogP contribution in [0.2, 0.25) is 5.02 Å². The van der Waals surface area contributed by atoms with Gasteiger partial charge in [0.25, 0.3) is 5.91 Å². The quantitative estimate of drug-likeness (QED) is 0.788. The van der Waals surface area contributed by atoms with Crippen molar-refractivity contribution in [1.82, 2.24) is 4.57 Å². The van der Waals surface area contributed by atoms with Crippen molar-refractivity contribution in [3.8, 4) is 0 Å². The number of carbonyl (C=O) groups excluding carboxylic acids is 1.